The highest BCUT2D eigenvalue weighted by Crippen LogP contribution is 2.30. The number of hydrogen-bond donors (Lipinski definition) is 3. The van der Waals surface area contributed by atoms with Crippen LogP contribution in [0.4, 0.5) is 5.69 Å². The summed E-state index contributed by atoms with van der Waals surface area (Å²) in [6.07, 6.45) is 0. The topological polar surface area (TPSA) is 61.7 Å². The molecule has 0 fully saturated rings. The Morgan fingerprint density at radius 3 is 2.90 bits per heavy atom. The third-order valence-corrected chi connectivity index (χ3v) is 4.34. The first-order valence-electron chi connectivity index (χ1n) is 5.97. The molecule has 3 rings (SSSR count). The highest BCUT2D eigenvalue weighted by Gasteiger charge is 2.27. The van der Waals surface area contributed by atoms with Gasteiger partial charge in [-0.15, -0.1) is 0 Å². The van der Waals surface area contributed by atoms with Crippen molar-refractivity contribution in [3.05, 3.63) is 47.0 Å². The second kappa shape index (κ2) is 5.57. The molecule has 0 spiro atoms. The maximum Gasteiger partial charge on any atom is 0.491 e. The summed E-state index contributed by atoms with van der Waals surface area (Å²) < 4.78 is 8.30. The molecule has 0 saturated carbocycles. The summed E-state index contributed by atoms with van der Waals surface area (Å²) in [5.74, 6) is 0.136. The van der Waals surface area contributed by atoms with E-state index in [0.717, 1.165) is 21.6 Å². The van der Waals surface area contributed by atoms with Crippen LogP contribution in [0.2, 0.25) is 5.02 Å². The van der Waals surface area contributed by atoms with E-state index in [4.69, 9.17) is 16.3 Å². The van der Waals surface area contributed by atoms with Crippen molar-refractivity contribution in [1.29, 1.82) is 0 Å². The van der Waals surface area contributed by atoms with Crippen LogP contribution in [0, 0.1) is 0 Å². The summed E-state index contributed by atoms with van der Waals surface area (Å²) in [6, 6.07) is 10.5. The second-order valence-corrected chi connectivity index (χ2v) is 5.65. The van der Waals surface area contributed by atoms with Crippen molar-refractivity contribution in [2.75, 3.05) is 4.72 Å². The molecule has 0 aliphatic carbocycles. The van der Waals surface area contributed by atoms with Gasteiger partial charge < -0.3 is 19.5 Å². The Morgan fingerprint density at radius 2 is 2.10 bits per heavy atom. The molecule has 0 aromatic heterocycles. The van der Waals surface area contributed by atoms with Gasteiger partial charge in [0.2, 0.25) is 0 Å². The zero-order chi connectivity index (χ0) is 14.1. The fraction of sp³-hybridized carbons (Fsp3) is 0.0769. The van der Waals surface area contributed by atoms with Gasteiger partial charge in [-0.2, -0.15) is 0 Å². The lowest BCUT2D eigenvalue weighted by molar-refractivity contribution is 0.275. The van der Waals surface area contributed by atoms with E-state index >= 15 is 0 Å². The highest BCUT2D eigenvalue weighted by atomic mass is 35.5. The Labute approximate surface area is 126 Å². The molecule has 20 heavy (non-hydrogen) atoms. The van der Waals surface area contributed by atoms with Crippen LogP contribution in [-0.2, 0) is 11.3 Å². The maximum atomic E-state index is 9.66. The lowest BCUT2D eigenvalue weighted by atomic mass is 9.79. The van der Waals surface area contributed by atoms with Gasteiger partial charge in [-0.3, -0.25) is 0 Å². The molecule has 0 atom stereocenters. The van der Waals surface area contributed by atoms with Gasteiger partial charge in [-0.25, -0.2) is 0 Å². The number of aromatic hydroxyl groups is 1. The molecule has 1 aliphatic heterocycles. The number of phenols is 1. The molecule has 0 saturated heterocycles. The molecule has 1 heterocycles. The number of hydrogen-bond acceptors (Lipinski definition) is 5. The van der Waals surface area contributed by atoms with Crippen molar-refractivity contribution in [1.82, 2.24) is 0 Å². The molecule has 0 bridgehead atoms. The summed E-state index contributed by atoms with van der Waals surface area (Å²) >= 11 is 7.37. The maximum absolute atomic E-state index is 9.66. The van der Waals surface area contributed by atoms with Gasteiger partial charge in [0.05, 0.1) is 11.6 Å². The van der Waals surface area contributed by atoms with E-state index in [2.05, 4.69) is 4.72 Å². The molecule has 0 unspecified atom stereocenters. The third-order valence-electron chi connectivity index (χ3n) is 3.00. The van der Waals surface area contributed by atoms with Gasteiger partial charge in [0.1, 0.15) is 5.75 Å². The van der Waals surface area contributed by atoms with Crippen molar-refractivity contribution >= 4 is 41.8 Å². The summed E-state index contributed by atoms with van der Waals surface area (Å²) in [4.78, 5) is 0.807. The zero-order valence-electron chi connectivity index (χ0n) is 10.3. The van der Waals surface area contributed by atoms with E-state index in [1.807, 2.05) is 18.2 Å². The number of halogens is 1. The number of rotatable bonds is 3. The molecule has 3 N–H and O–H groups in total. The van der Waals surface area contributed by atoms with E-state index in [-0.39, 0.29) is 5.75 Å². The Morgan fingerprint density at radius 1 is 1.25 bits per heavy atom. The van der Waals surface area contributed by atoms with Crippen LogP contribution in [-0.4, -0.2) is 17.2 Å². The van der Waals surface area contributed by atoms with Crippen LogP contribution in [0.1, 0.15) is 5.56 Å². The fourth-order valence-electron chi connectivity index (χ4n) is 1.96. The largest absolute Gasteiger partial charge is 0.508 e. The summed E-state index contributed by atoms with van der Waals surface area (Å²) in [5.41, 5.74) is 2.63. The highest BCUT2D eigenvalue weighted by molar-refractivity contribution is 8.00. The number of anilines is 1. The lowest BCUT2D eigenvalue weighted by Gasteiger charge is -2.08. The molecule has 0 radical (unpaired) electrons. The summed E-state index contributed by atoms with van der Waals surface area (Å²) in [5, 5.41) is 19.4. The number of benzene rings is 2. The Bertz CT molecular complexity index is 656. The van der Waals surface area contributed by atoms with Crippen LogP contribution in [0.5, 0.6) is 5.75 Å². The van der Waals surface area contributed by atoms with Crippen molar-refractivity contribution in [2.45, 2.75) is 11.5 Å². The van der Waals surface area contributed by atoms with Crippen LogP contribution < -0.4 is 10.2 Å². The quantitative estimate of drug-likeness (QED) is 0.600. The van der Waals surface area contributed by atoms with Crippen LogP contribution >= 0.6 is 23.5 Å². The lowest BCUT2D eigenvalue weighted by Crippen LogP contribution is -2.28. The average Bonchev–Trinajstić information content (AvgIpc) is 2.79. The minimum Gasteiger partial charge on any atom is -0.508 e. The van der Waals surface area contributed by atoms with E-state index in [9.17, 15) is 10.1 Å². The van der Waals surface area contributed by atoms with Crippen molar-refractivity contribution in [2.24, 2.45) is 0 Å². The molecular weight excluding hydrogens is 296 g/mol. The van der Waals surface area contributed by atoms with Gasteiger partial charge >= 0.3 is 7.12 Å². The monoisotopic (exact) mass is 307 g/mol. The molecule has 1 aliphatic rings. The third kappa shape index (κ3) is 2.74. The molecule has 0 amide bonds. The van der Waals surface area contributed by atoms with E-state index in [1.165, 1.54) is 18.0 Å². The molecule has 2 aromatic rings. The van der Waals surface area contributed by atoms with Gasteiger partial charge in [0.15, 0.2) is 0 Å². The Balaban J connectivity index is 1.74. The smallest absolute Gasteiger partial charge is 0.491 e. The minimum absolute atomic E-state index is 0.136. The first-order valence-corrected chi connectivity index (χ1v) is 7.17. The van der Waals surface area contributed by atoms with Crippen molar-refractivity contribution < 1.29 is 14.8 Å². The molecule has 2 aromatic carbocycles. The van der Waals surface area contributed by atoms with Gasteiger partial charge in [-0.1, -0.05) is 17.7 Å². The van der Waals surface area contributed by atoms with Crippen LogP contribution in [0.3, 0.4) is 0 Å². The first kappa shape index (κ1) is 13.6. The molecular formula is C13H11BClNO3S. The van der Waals surface area contributed by atoms with Crippen molar-refractivity contribution in [3.8, 4) is 5.75 Å². The van der Waals surface area contributed by atoms with Crippen LogP contribution in [0.15, 0.2) is 41.3 Å². The normalized spacial score (nSPS) is 13.4. The fourth-order valence-corrected chi connectivity index (χ4v) is 2.90. The molecule has 4 nitrogen and oxygen atoms in total. The minimum atomic E-state index is -0.853. The predicted octanol–water partition coefficient (Wildman–Crippen LogP) is 2.38. The number of fused-ring (bicyclic) bond motifs is 1. The second-order valence-electron chi connectivity index (χ2n) is 4.40. The van der Waals surface area contributed by atoms with E-state index in [1.54, 1.807) is 12.1 Å². The summed E-state index contributed by atoms with van der Waals surface area (Å²) in [6.45, 7) is 0.438. The van der Waals surface area contributed by atoms with E-state index < -0.39 is 7.12 Å². The SMILES string of the molecule is OB1OCc2ccc(NSc3ccc(O)cc3Cl)cc21. The molecule has 102 valence electrons. The number of nitrogens with one attached hydrogen (secondary N) is 1. The summed E-state index contributed by atoms with van der Waals surface area (Å²) in [7, 11) is -0.853. The van der Waals surface area contributed by atoms with E-state index in [0.29, 0.717) is 11.6 Å². The van der Waals surface area contributed by atoms with Crippen LogP contribution in [0.25, 0.3) is 0 Å². The van der Waals surface area contributed by atoms with Crippen molar-refractivity contribution in [3.63, 3.8) is 0 Å². The first-order chi connectivity index (χ1) is 9.63. The molecule has 7 heteroatoms. The average molecular weight is 308 g/mol. The van der Waals surface area contributed by atoms with Gasteiger partial charge in [0, 0.05) is 10.6 Å². The van der Waals surface area contributed by atoms with Gasteiger partial charge in [-0.05, 0) is 53.3 Å². The predicted molar refractivity (Wildman–Crippen MR) is 81.4 cm³/mol. The standard InChI is InChI=1S/C13H11BClNO3S/c15-12-6-10(17)3-4-13(12)20-16-9-2-1-8-7-19-14(18)11(8)5-9/h1-6,16-18H,7H2. The zero-order valence-corrected chi connectivity index (χ0v) is 11.9. The number of phenolic OH excluding ortho intramolecular Hbond substituents is 1. The van der Waals surface area contributed by atoms with Gasteiger partial charge in [0.25, 0.3) is 0 Å². The Hall–Kier alpha value is -1.34. The Kier molecular flexibility index (Phi) is 3.80.